The predicted octanol–water partition coefficient (Wildman–Crippen LogP) is 1.47. The first-order chi connectivity index (χ1) is 9.22. The molecule has 0 bridgehead atoms. The van der Waals surface area contributed by atoms with Crippen LogP contribution < -0.4 is 10.2 Å². The van der Waals surface area contributed by atoms with Gasteiger partial charge >= 0.3 is 0 Å². The van der Waals surface area contributed by atoms with Gasteiger partial charge in [-0.05, 0) is 38.9 Å². The number of likely N-dealkylation sites (N-methyl/N-ethyl adjacent to an activating group) is 1. The van der Waals surface area contributed by atoms with Gasteiger partial charge in [0, 0.05) is 38.3 Å². The molecule has 1 aromatic heterocycles. The van der Waals surface area contributed by atoms with E-state index in [2.05, 4.69) is 47.3 Å². The van der Waals surface area contributed by atoms with Gasteiger partial charge in [0.2, 0.25) is 0 Å². The molecule has 2 aliphatic rings. The van der Waals surface area contributed by atoms with E-state index in [0.717, 1.165) is 43.7 Å². The van der Waals surface area contributed by atoms with Gasteiger partial charge in [0.05, 0.1) is 5.69 Å². The van der Waals surface area contributed by atoms with Crippen LogP contribution in [0, 0.1) is 0 Å². The van der Waals surface area contributed by atoms with Gasteiger partial charge in [0.1, 0.15) is 5.82 Å². The Hall–Kier alpha value is -1.13. The van der Waals surface area contributed by atoms with Crippen LogP contribution in [0.25, 0.3) is 0 Å². The summed E-state index contributed by atoms with van der Waals surface area (Å²) in [6.07, 6.45) is 2.66. The molecule has 1 saturated heterocycles. The van der Waals surface area contributed by atoms with Gasteiger partial charge in [0.25, 0.3) is 0 Å². The van der Waals surface area contributed by atoms with E-state index in [-0.39, 0.29) is 0 Å². The molecule has 0 aromatic carbocycles. The second-order valence-electron chi connectivity index (χ2n) is 5.95. The van der Waals surface area contributed by atoms with Crippen molar-refractivity contribution in [2.24, 2.45) is 0 Å². The first-order valence-corrected chi connectivity index (χ1v) is 7.37. The summed E-state index contributed by atoms with van der Waals surface area (Å²) < 4.78 is 0. The molecule has 1 aromatic rings. The Labute approximate surface area is 115 Å². The van der Waals surface area contributed by atoms with Crippen molar-refractivity contribution in [3.63, 3.8) is 0 Å². The largest absolute Gasteiger partial charge is 0.351 e. The van der Waals surface area contributed by atoms with Gasteiger partial charge in [-0.15, -0.1) is 0 Å². The predicted molar refractivity (Wildman–Crippen MR) is 78.4 cm³/mol. The SMILES string of the molecule is CC1CN(C)CCN1c1cccc(CNC2CC2)n1. The highest BCUT2D eigenvalue weighted by molar-refractivity contribution is 5.41. The Morgan fingerprint density at radius 3 is 2.89 bits per heavy atom. The zero-order valence-corrected chi connectivity index (χ0v) is 12.0. The van der Waals surface area contributed by atoms with E-state index in [9.17, 15) is 0 Å². The fraction of sp³-hybridized carbons (Fsp3) is 0.667. The molecule has 0 radical (unpaired) electrons. The number of pyridine rings is 1. The van der Waals surface area contributed by atoms with E-state index in [1.807, 2.05) is 0 Å². The Balaban J connectivity index is 1.67. The minimum absolute atomic E-state index is 0.540. The summed E-state index contributed by atoms with van der Waals surface area (Å²) in [7, 11) is 2.19. The maximum atomic E-state index is 4.82. The lowest BCUT2D eigenvalue weighted by molar-refractivity contribution is 0.274. The third-order valence-electron chi connectivity index (χ3n) is 4.07. The Bertz CT molecular complexity index is 430. The van der Waals surface area contributed by atoms with Crippen molar-refractivity contribution < 1.29 is 0 Å². The van der Waals surface area contributed by atoms with Crippen LogP contribution >= 0.6 is 0 Å². The van der Waals surface area contributed by atoms with Crippen molar-refractivity contribution in [1.82, 2.24) is 15.2 Å². The molecule has 1 N–H and O–H groups in total. The average molecular weight is 260 g/mol. The molecule has 2 fully saturated rings. The molecule has 104 valence electrons. The summed E-state index contributed by atoms with van der Waals surface area (Å²) in [5, 5.41) is 3.53. The van der Waals surface area contributed by atoms with Gasteiger partial charge in [-0.3, -0.25) is 0 Å². The fourth-order valence-corrected chi connectivity index (χ4v) is 2.74. The van der Waals surface area contributed by atoms with Crippen molar-refractivity contribution in [2.45, 2.75) is 38.4 Å². The van der Waals surface area contributed by atoms with Crippen molar-refractivity contribution in [1.29, 1.82) is 0 Å². The van der Waals surface area contributed by atoms with Crippen LogP contribution in [-0.4, -0.2) is 48.6 Å². The first-order valence-electron chi connectivity index (χ1n) is 7.37. The molecular weight excluding hydrogens is 236 g/mol. The number of aromatic nitrogens is 1. The Kier molecular flexibility index (Phi) is 3.71. The highest BCUT2D eigenvalue weighted by Crippen LogP contribution is 2.20. The quantitative estimate of drug-likeness (QED) is 0.888. The van der Waals surface area contributed by atoms with Gasteiger partial charge in [-0.25, -0.2) is 4.98 Å². The van der Waals surface area contributed by atoms with Crippen LogP contribution in [0.15, 0.2) is 18.2 Å². The molecule has 1 aliphatic carbocycles. The molecule has 0 amide bonds. The highest BCUT2D eigenvalue weighted by Gasteiger charge is 2.23. The summed E-state index contributed by atoms with van der Waals surface area (Å²) in [6.45, 7) is 6.50. The van der Waals surface area contributed by atoms with Crippen LogP contribution in [-0.2, 0) is 6.54 Å². The highest BCUT2D eigenvalue weighted by atomic mass is 15.3. The monoisotopic (exact) mass is 260 g/mol. The van der Waals surface area contributed by atoms with E-state index < -0.39 is 0 Å². The van der Waals surface area contributed by atoms with E-state index in [0.29, 0.717) is 6.04 Å². The van der Waals surface area contributed by atoms with Gasteiger partial charge in [0.15, 0.2) is 0 Å². The zero-order chi connectivity index (χ0) is 13.2. The minimum atomic E-state index is 0.540. The number of rotatable bonds is 4. The number of anilines is 1. The van der Waals surface area contributed by atoms with Crippen molar-refractivity contribution in [3.05, 3.63) is 23.9 Å². The van der Waals surface area contributed by atoms with Gasteiger partial charge in [-0.1, -0.05) is 6.07 Å². The molecule has 2 heterocycles. The van der Waals surface area contributed by atoms with Crippen LogP contribution in [0.3, 0.4) is 0 Å². The lowest BCUT2D eigenvalue weighted by atomic mass is 10.2. The summed E-state index contributed by atoms with van der Waals surface area (Å²) in [5.74, 6) is 1.13. The van der Waals surface area contributed by atoms with Crippen molar-refractivity contribution in [2.75, 3.05) is 31.6 Å². The molecule has 1 atom stereocenters. The fourth-order valence-electron chi connectivity index (χ4n) is 2.74. The van der Waals surface area contributed by atoms with Crippen LogP contribution in [0.5, 0.6) is 0 Å². The second kappa shape index (κ2) is 5.47. The Morgan fingerprint density at radius 2 is 2.16 bits per heavy atom. The number of piperazine rings is 1. The first kappa shape index (κ1) is 12.9. The Morgan fingerprint density at radius 1 is 1.32 bits per heavy atom. The molecule has 1 unspecified atom stereocenters. The summed E-state index contributed by atoms with van der Waals surface area (Å²) in [5.41, 5.74) is 1.16. The topological polar surface area (TPSA) is 31.4 Å². The number of nitrogens with zero attached hydrogens (tertiary/aromatic N) is 3. The van der Waals surface area contributed by atoms with Crippen molar-refractivity contribution >= 4 is 5.82 Å². The molecule has 4 nitrogen and oxygen atoms in total. The third kappa shape index (κ3) is 3.25. The summed E-state index contributed by atoms with van der Waals surface area (Å²) in [6, 6.07) is 7.69. The number of hydrogen-bond donors (Lipinski definition) is 1. The average Bonchev–Trinajstić information content (AvgIpc) is 3.21. The molecule has 19 heavy (non-hydrogen) atoms. The lowest BCUT2D eigenvalue weighted by Crippen LogP contribution is -2.50. The van der Waals surface area contributed by atoms with E-state index >= 15 is 0 Å². The normalized spacial score (nSPS) is 24.7. The van der Waals surface area contributed by atoms with Crippen LogP contribution in [0.2, 0.25) is 0 Å². The van der Waals surface area contributed by atoms with Crippen LogP contribution in [0.4, 0.5) is 5.82 Å². The second-order valence-corrected chi connectivity index (χ2v) is 5.95. The van der Waals surface area contributed by atoms with E-state index in [1.54, 1.807) is 0 Å². The van der Waals surface area contributed by atoms with E-state index in [4.69, 9.17) is 4.98 Å². The minimum Gasteiger partial charge on any atom is -0.351 e. The van der Waals surface area contributed by atoms with E-state index in [1.165, 1.54) is 12.8 Å². The molecule has 3 rings (SSSR count). The third-order valence-corrected chi connectivity index (χ3v) is 4.07. The molecule has 1 saturated carbocycles. The zero-order valence-electron chi connectivity index (χ0n) is 12.0. The van der Waals surface area contributed by atoms with Crippen molar-refractivity contribution in [3.8, 4) is 0 Å². The maximum absolute atomic E-state index is 4.82. The summed E-state index contributed by atoms with van der Waals surface area (Å²) in [4.78, 5) is 9.64. The summed E-state index contributed by atoms with van der Waals surface area (Å²) >= 11 is 0. The van der Waals surface area contributed by atoms with Crippen LogP contribution in [0.1, 0.15) is 25.5 Å². The smallest absolute Gasteiger partial charge is 0.129 e. The number of hydrogen-bond acceptors (Lipinski definition) is 4. The van der Waals surface area contributed by atoms with Gasteiger partial charge < -0.3 is 15.1 Å². The molecule has 0 spiro atoms. The number of nitrogens with one attached hydrogen (secondary N) is 1. The lowest BCUT2D eigenvalue weighted by Gasteiger charge is -2.39. The standard InChI is InChI=1S/C15H24N4/c1-12-11-18(2)8-9-19(12)15-5-3-4-14(17-15)10-16-13-6-7-13/h3-5,12-13,16H,6-11H2,1-2H3. The maximum Gasteiger partial charge on any atom is 0.129 e. The molecule has 1 aliphatic heterocycles. The molecular formula is C15H24N4. The molecule has 4 heteroatoms. The van der Waals surface area contributed by atoms with Gasteiger partial charge in [-0.2, -0.15) is 0 Å².